The molecule has 2 unspecified atom stereocenters. The lowest BCUT2D eigenvalue weighted by Gasteiger charge is -2.19. The molecule has 3 atom stereocenters. The lowest BCUT2D eigenvalue weighted by atomic mass is 10.1. The van der Waals surface area contributed by atoms with Crippen molar-refractivity contribution >= 4 is 46.8 Å². The van der Waals surface area contributed by atoms with E-state index < -0.39 is 18.2 Å². The summed E-state index contributed by atoms with van der Waals surface area (Å²) in [4.78, 5) is 28.4. The lowest BCUT2D eigenvalue weighted by Crippen LogP contribution is -2.43. The molecule has 3 rings (SSSR count). The van der Waals surface area contributed by atoms with Crippen LogP contribution in [0.5, 0.6) is 0 Å². The second kappa shape index (κ2) is 6.26. The first-order chi connectivity index (χ1) is 10.9. The van der Waals surface area contributed by atoms with Gasteiger partial charge in [0, 0.05) is 17.6 Å². The van der Waals surface area contributed by atoms with E-state index in [2.05, 4.69) is 18.2 Å². The first kappa shape index (κ1) is 16.5. The molecular weight excluding hydrogens is 334 g/mol. The minimum absolute atomic E-state index is 0.182. The van der Waals surface area contributed by atoms with Crippen molar-refractivity contribution in [2.75, 3.05) is 29.6 Å². The van der Waals surface area contributed by atoms with Gasteiger partial charge in [-0.25, -0.2) is 4.79 Å². The van der Waals surface area contributed by atoms with E-state index in [0.29, 0.717) is 11.3 Å². The summed E-state index contributed by atoms with van der Waals surface area (Å²) in [6.07, 6.45) is 1.03. The summed E-state index contributed by atoms with van der Waals surface area (Å²) in [5.74, 6) is -0.182. The van der Waals surface area contributed by atoms with Gasteiger partial charge in [-0.05, 0) is 31.4 Å². The normalized spacial score (nSPS) is 24.6. The maximum Gasteiger partial charge on any atom is 0.414 e. The summed E-state index contributed by atoms with van der Waals surface area (Å²) in [6.45, 7) is 1.70. The Hall–Kier alpha value is -1.38. The number of thioether (sulfide) groups is 2. The maximum atomic E-state index is 12.1. The molecule has 23 heavy (non-hydrogen) atoms. The molecule has 1 fully saturated rings. The van der Waals surface area contributed by atoms with Crippen molar-refractivity contribution in [3.8, 4) is 0 Å². The van der Waals surface area contributed by atoms with Gasteiger partial charge in [0.25, 0.3) is 0 Å². The largest absolute Gasteiger partial charge is 0.442 e. The van der Waals surface area contributed by atoms with Crippen LogP contribution < -0.4 is 15.5 Å². The molecule has 1 amide bonds. The SMILES string of the molecule is CSC1Sc2cc(N3C[C@@H](C(N)C(C)=O)OC3=O)ccc2N1C. The summed E-state index contributed by atoms with van der Waals surface area (Å²) in [7, 11) is 2.06. The predicted octanol–water partition coefficient (Wildman–Crippen LogP) is 2.12. The fraction of sp³-hybridized carbons (Fsp3) is 0.467. The molecule has 0 bridgehead atoms. The Labute approximate surface area is 143 Å². The molecule has 1 saturated heterocycles. The van der Waals surface area contributed by atoms with Gasteiger partial charge in [0.1, 0.15) is 22.6 Å². The Morgan fingerprint density at radius 3 is 2.91 bits per heavy atom. The third kappa shape index (κ3) is 2.90. The molecule has 1 aromatic rings. The number of benzene rings is 1. The summed E-state index contributed by atoms with van der Waals surface area (Å²) in [6, 6.07) is 5.14. The number of anilines is 2. The van der Waals surface area contributed by atoms with Crippen LogP contribution in [0.1, 0.15) is 6.92 Å². The third-order valence-electron chi connectivity index (χ3n) is 4.09. The van der Waals surface area contributed by atoms with Gasteiger partial charge in [-0.1, -0.05) is 11.8 Å². The average molecular weight is 353 g/mol. The number of cyclic esters (lactones) is 1. The molecule has 8 heteroatoms. The molecule has 0 aliphatic carbocycles. The van der Waals surface area contributed by atoms with E-state index in [-0.39, 0.29) is 5.78 Å². The number of ketones is 1. The van der Waals surface area contributed by atoms with Crippen LogP contribution in [0.25, 0.3) is 0 Å². The number of amides is 1. The molecule has 2 heterocycles. The smallest absolute Gasteiger partial charge is 0.414 e. The first-order valence-electron chi connectivity index (χ1n) is 7.23. The minimum Gasteiger partial charge on any atom is -0.442 e. The first-order valence-corrected chi connectivity index (χ1v) is 9.39. The molecule has 2 N–H and O–H groups in total. The molecule has 0 spiro atoms. The number of ether oxygens (including phenoxy) is 1. The number of Topliss-reactive ketones (excluding diaryl/α,β-unsaturated/α-hetero) is 1. The fourth-order valence-electron chi connectivity index (χ4n) is 2.71. The van der Waals surface area contributed by atoms with Crippen molar-refractivity contribution in [2.24, 2.45) is 5.73 Å². The minimum atomic E-state index is -0.778. The predicted molar refractivity (Wildman–Crippen MR) is 94.3 cm³/mol. The summed E-state index contributed by atoms with van der Waals surface area (Å²) >= 11 is 3.53. The van der Waals surface area contributed by atoms with Crippen LogP contribution in [0.3, 0.4) is 0 Å². The number of fused-ring (bicyclic) bond motifs is 1. The number of hydrogen-bond donors (Lipinski definition) is 1. The Morgan fingerprint density at radius 1 is 1.52 bits per heavy atom. The van der Waals surface area contributed by atoms with E-state index in [1.165, 1.54) is 6.92 Å². The molecule has 6 nitrogen and oxygen atoms in total. The monoisotopic (exact) mass is 353 g/mol. The molecular formula is C15H19N3O3S2. The highest BCUT2D eigenvalue weighted by atomic mass is 32.2. The van der Waals surface area contributed by atoms with Gasteiger partial charge < -0.3 is 15.4 Å². The summed E-state index contributed by atoms with van der Waals surface area (Å²) in [5, 5.41) is 0. The zero-order valence-electron chi connectivity index (χ0n) is 13.2. The van der Waals surface area contributed by atoms with Crippen molar-refractivity contribution in [1.29, 1.82) is 0 Å². The molecule has 2 aliphatic heterocycles. The van der Waals surface area contributed by atoms with Gasteiger partial charge in [-0.3, -0.25) is 9.69 Å². The topological polar surface area (TPSA) is 75.9 Å². The Balaban J connectivity index is 1.81. The summed E-state index contributed by atoms with van der Waals surface area (Å²) in [5.41, 5.74) is 7.73. The van der Waals surface area contributed by atoms with E-state index in [9.17, 15) is 9.59 Å². The molecule has 0 saturated carbocycles. The van der Waals surface area contributed by atoms with Crippen LogP contribution in [-0.2, 0) is 9.53 Å². The standard InChI is InChI=1S/C15H19N3O3S2/c1-8(19)13(16)11-7-18(14(20)21-11)9-4-5-10-12(6-9)23-15(22-3)17(10)2/h4-6,11,13,15H,7,16H2,1-3H3/t11-,13?,15?/m0/s1. The third-order valence-corrected chi connectivity index (χ3v) is 6.77. The van der Waals surface area contributed by atoms with Gasteiger partial charge in [0.05, 0.1) is 12.2 Å². The van der Waals surface area contributed by atoms with Crippen LogP contribution in [-0.4, -0.2) is 48.6 Å². The number of carbonyl (C=O) groups excluding carboxylic acids is 2. The molecule has 0 aromatic heterocycles. The Morgan fingerprint density at radius 2 is 2.26 bits per heavy atom. The van der Waals surface area contributed by atoms with E-state index in [0.717, 1.165) is 16.3 Å². The van der Waals surface area contributed by atoms with E-state index in [4.69, 9.17) is 10.5 Å². The highest BCUT2D eigenvalue weighted by Gasteiger charge is 2.38. The Bertz CT molecular complexity index is 655. The van der Waals surface area contributed by atoms with Crippen molar-refractivity contribution in [3.05, 3.63) is 18.2 Å². The fourth-order valence-corrected chi connectivity index (χ4v) is 4.84. The maximum absolute atomic E-state index is 12.1. The summed E-state index contributed by atoms with van der Waals surface area (Å²) < 4.78 is 5.59. The quantitative estimate of drug-likeness (QED) is 0.888. The number of nitrogens with zero attached hydrogens (tertiary/aromatic N) is 2. The Kier molecular flexibility index (Phi) is 4.48. The van der Waals surface area contributed by atoms with Crippen LogP contribution in [0.15, 0.2) is 23.1 Å². The van der Waals surface area contributed by atoms with E-state index in [1.54, 1.807) is 28.4 Å². The number of carbonyl (C=O) groups is 2. The van der Waals surface area contributed by atoms with Crippen LogP contribution >= 0.6 is 23.5 Å². The van der Waals surface area contributed by atoms with Crippen LogP contribution in [0.4, 0.5) is 16.2 Å². The van der Waals surface area contributed by atoms with Gasteiger partial charge in [0.15, 0.2) is 0 Å². The number of nitrogens with two attached hydrogens (primary N) is 1. The van der Waals surface area contributed by atoms with Gasteiger partial charge >= 0.3 is 6.09 Å². The van der Waals surface area contributed by atoms with Crippen molar-refractivity contribution in [2.45, 2.75) is 28.7 Å². The van der Waals surface area contributed by atoms with Crippen molar-refractivity contribution in [1.82, 2.24) is 0 Å². The van der Waals surface area contributed by atoms with Crippen molar-refractivity contribution < 1.29 is 14.3 Å². The molecule has 2 aliphatic rings. The highest BCUT2D eigenvalue weighted by Crippen LogP contribution is 2.47. The lowest BCUT2D eigenvalue weighted by molar-refractivity contribution is -0.120. The number of hydrogen-bond acceptors (Lipinski definition) is 7. The zero-order chi connectivity index (χ0) is 16.7. The van der Waals surface area contributed by atoms with E-state index >= 15 is 0 Å². The molecule has 124 valence electrons. The van der Waals surface area contributed by atoms with Gasteiger partial charge in [-0.2, -0.15) is 0 Å². The second-order valence-electron chi connectivity index (χ2n) is 5.59. The molecule has 1 aromatic carbocycles. The van der Waals surface area contributed by atoms with Gasteiger partial charge in [0.2, 0.25) is 0 Å². The van der Waals surface area contributed by atoms with Crippen molar-refractivity contribution in [3.63, 3.8) is 0 Å². The van der Waals surface area contributed by atoms with Crippen LogP contribution in [0, 0.1) is 0 Å². The zero-order valence-corrected chi connectivity index (χ0v) is 14.8. The average Bonchev–Trinajstić information content (AvgIpc) is 3.06. The highest BCUT2D eigenvalue weighted by molar-refractivity contribution is 8.17. The van der Waals surface area contributed by atoms with Gasteiger partial charge in [-0.15, -0.1) is 11.8 Å². The van der Waals surface area contributed by atoms with E-state index in [1.807, 2.05) is 18.2 Å². The molecule has 0 radical (unpaired) electrons. The second-order valence-corrected chi connectivity index (χ2v) is 7.93. The number of rotatable bonds is 4. The van der Waals surface area contributed by atoms with Crippen LogP contribution in [0.2, 0.25) is 0 Å².